The summed E-state index contributed by atoms with van der Waals surface area (Å²) < 4.78 is 59.0. The SMILES string of the molecule is CCNC(CCC(F)(F)F)C1CCS(=O)(=O)C1. The van der Waals surface area contributed by atoms with Gasteiger partial charge < -0.3 is 5.32 Å². The molecule has 1 saturated heterocycles. The van der Waals surface area contributed by atoms with Crippen LogP contribution in [0.25, 0.3) is 0 Å². The van der Waals surface area contributed by atoms with Gasteiger partial charge in [-0.3, -0.25) is 0 Å². The summed E-state index contributed by atoms with van der Waals surface area (Å²) in [6, 6.07) is -0.348. The van der Waals surface area contributed by atoms with Crippen molar-refractivity contribution in [3.05, 3.63) is 0 Å². The van der Waals surface area contributed by atoms with E-state index in [0.717, 1.165) is 0 Å². The number of nitrogens with one attached hydrogen (secondary N) is 1. The molecule has 1 aliphatic heterocycles. The zero-order valence-electron chi connectivity index (χ0n) is 9.76. The predicted octanol–water partition coefficient (Wildman–Crippen LogP) is 1.74. The highest BCUT2D eigenvalue weighted by molar-refractivity contribution is 7.91. The van der Waals surface area contributed by atoms with E-state index in [1.807, 2.05) is 6.92 Å². The number of rotatable bonds is 5. The van der Waals surface area contributed by atoms with Crippen LogP contribution in [0.5, 0.6) is 0 Å². The van der Waals surface area contributed by atoms with E-state index in [2.05, 4.69) is 5.32 Å². The molecule has 0 saturated carbocycles. The van der Waals surface area contributed by atoms with Crippen molar-refractivity contribution < 1.29 is 21.6 Å². The summed E-state index contributed by atoms with van der Waals surface area (Å²) in [6.45, 7) is 2.36. The summed E-state index contributed by atoms with van der Waals surface area (Å²) in [7, 11) is -3.03. The molecule has 1 aliphatic rings. The fraction of sp³-hybridized carbons (Fsp3) is 1.00. The Labute approximate surface area is 99.7 Å². The molecule has 0 bridgehead atoms. The minimum absolute atomic E-state index is 0.0164. The molecule has 3 nitrogen and oxygen atoms in total. The monoisotopic (exact) mass is 273 g/mol. The van der Waals surface area contributed by atoms with Crippen LogP contribution in [0.1, 0.15) is 26.2 Å². The second-order valence-electron chi connectivity index (χ2n) is 4.48. The van der Waals surface area contributed by atoms with Gasteiger partial charge in [-0.15, -0.1) is 0 Å². The minimum atomic E-state index is -4.18. The van der Waals surface area contributed by atoms with Gasteiger partial charge in [-0.1, -0.05) is 6.92 Å². The lowest BCUT2D eigenvalue weighted by Gasteiger charge is -2.23. The summed E-state index contributed by atoms with van der Waals surface area (Å²) >= 11 is 0. The Bertz CT molecular complexity index is 340. The van der Waals surface area contributed by atoms with E-state index in [0.29, 0.717) is 13.0 Å². The highest BCUT2D eigenvalue weighted by Gasteiger charge is 2.36. The first-order chi connectivity index (χ1) is 7.73. The summed E-state index contributed by atoms with van der Waals surface area (Å²) in [5.74, 6) is -0.0593. The molecule has 2 atom stereocenters. The molecule has 0 radical (unpaired) electrons. The highest BCUT2D eigenvalue weighted by Crippen LogP contribution is 2.28. The molecule has 7 heteroatoms. The molecule has 1 N–H and O–H groups in total. The normalized spacial score (nSPS) is 26.0. The van der Waals surface area contributed by atoms with Crippen molar-refractivity contribution in [1.29, 1.82) is 0 Å². The second kappa shape index (κ2) is 5.56. The summed E-state index contributed by atoms with van der Waals surface area (Å²) in [5, 5.41) is 2.97. The smallest absolute Gasteiger partial charge is 0.314 e. The Morgan fingerprint density at radius 2 is 2.06 bits per heavy atom. The Morgan fingerprint density at radius 3 is 2.47 bits per heavy atom. The van der Waals surface area contributed by atoms with Crippen molar-refractivity contribution >= 4 is 9.84 Å². The Morgan fingerprint density at radius 1 is 1.41 bits per heavy atom. The van der Waals surface area contributed by atoms with Gasteiger partial charge in [0.2, 0.25) is 0 Å². The second-order valence-corrected chi connectivity index (χ2v) is 6.71. The lowest BCUT2D eigenvalue weighted by molar-refractivity contribution is -0.137. The van der Waals surface area contributed by atoms with Gasteiger partial charge in [0.25, 0.3) is 0 Å². The fourth-order valence-electron chi connectivity index (χ4n) is 2.23. The predicted molar refractivity (Wildman–Crippen MR) is 59.5 cm³/mol. The maximum atomic E-state index is 12.1. The maximum Gasteiger partial charge on any atom is 0.389 e. The molecule has 0 aromatic rings. The zero-order valence-corrected chi connectivity index (χ0v) is 10.6. The van der Waals surface area contributed by atoms with Crippen LogP contribution in [0, 0.1) is 5.92 Å². The van der Waals surface area contributed by atoms with Crippen LogP contribution in [0.2, 0.25) is 0 Å². The van der Waals surface area contributed by atoms with Gasteiger partial charge in [-0.2, -0.15) is 13.2 Å². The third-order valence-corrected chi connectivity index (χ3v) is 4.84. The average Bonchev–Trinajstić information content (AvgIpc) is 2.52. The first-order valence-corrected chi connectivity index (χ1v) is 7.56. The Kier molecular flexibility index (Phi) is 4.83. The largest absolute Gasteiger partial charge is 0.389 e. The fourth-order valence-corrected chi connectivity index (χ4v) is 4.11. The van der Waals surface area contributed by atoms with Crippen molar-refractivity contribution in [3.63, 3.8) is 0 Å². The molecule has 17 heavy (non-hydrogen) atoms. The number of halogens is 3. The van der Waals surface area contributed by atoms with Crippen molar-refractivity contribution in [2.75, 3.05) is 18.1 Å². The molecule has 1 fully saturated rings. The molecule has 0 amide bonds. The summed E-state index contributed by atoms with van der Waals surface area (Å²) in [5.41, 5.74) is 0. The van der Waals surface area contributed by atoms with Crippen LogP contribution in [-0.4, -0.2) is 38.7 Å². The van der Waals surface area contributed by atoms with Crippen LogP contribution in [0.15, 0.2) is 0 Å². The van der Waals surface area contributed by atoms with E-state index >= 15 is 0 Å². The maximum absolute atomic E-state index is 12.1. The van der Waals surface area contributed by atoms with Crippen molar-refractivity contribution in [1.82, 2.24) is 5.32 Å². The average molecular weight is 273 g/mol. The first-order valence-electron chi connectivity index (χ1n) is 5.74. The lowest BCUT2D eigenvalue weighted by Crippen LogP contribution is -2.37. The number of hydrogen-bond donors (Lipinski definition) is 1. The molecule has 2 unspecified atom stereocenters. The van der Waals surface area contributed by atoms with Crippen LogP contribution in [0.4, 0.5) is 13.2 Å². The van der Waals surface area contributed by atoms with E-state index < -0.39 is 22.4 Å². The zero-order chi connectivity index (χ0) is 13.1. The van der Waals surface area contributed by atoms with Crippen LogP contribution in [0.3, 0.4) is 0 Å². The minimum Gasteiger partial charge on any atom is -0.314 e. The van der Waals surface area contributed by atoms with Crippen LogP contribution in [-0.2, 0) is 9.84 Å². The standard InChI is InChI=1S/C10H18F3NO2S/c1-2-14-9(3-5-10(11,12)13)8-4-6-17(15,16)7-8/h8-9,14H,2-7H2,1H3. The van der Waals surface area contributed by atoms with E-state index in [1.165, 1.54) is 0 Å². The summed E-state index contributed by atoms with van der Waals surface area (Å²) in [4.78, 5) is 0. The summed E-state index contributed by atoms with van der Waals surface area (Å²) in [6.07, 6.45) is -4.61. The molecule has 102 valence electrons. The number of alkyl halides is 3. The highest BCUT2D eigenvalue weighted by atomic mass is 32.2. The first kappa shape index (κ1) is 14.8. The Balaban J connectivity index is 2.54. The van der Waals surface area contributed by atoms with E-state index in [4.69, 9.17) is 0 Å². The van der Waals surface area contributed by atoms with Gasteiger partial charge in [-0.05, 0) is 25.3 Å². The quantitative estimate of drug-likeness (QED) is 0.830. The van der Waals surface area contributed by atoms with E-state index in [9.17, 15) is 21.6 Å². The topological polar surface area (TPSA) is 46.2 Å². The lowest BCUT2D eigenvalue weighted by atomic mass is 9.95. The molecule has 1 rings (SSSR count). The molecular formula is C10H18F3NO2S. The van der Waals surface area contributed by atoms with Gasteiger partial charge in [0.1, 0.15) is 0 Å². The van der Waals surface area contributed by atoms with Crippen molar-refractivity contribution in [2.45, 2.75) is 38.4 Å². The van der Waals surface area contributed by atoms with Gasteiger partial charge >= 0.3 is 6.18 Å². The molecule has 0 aliphatic carbocycles. The van der Waals surface area contributed by atoms with Crippen molar-refractivity contribution in [2.24, 2.45) is 5.92 Å². The Hall–Kier alpha value is -0.300. The molecular weight excluding hydrogens is 255 g/mol. The number of sulfone groups is 1. The third kappa shape index (κ3) is 5.25. The molecule has 0 aromatic heterocycles. The van der Waals surface area contributed by atoms with Gasteiger partial charge in [-0.25, -0.2) is 8.42 Å². The van der Waals surface area contributed by atoms with Crippen molar-refractivity contribution in [3.8, 4) is 0 Å². The number of hydrogen-bond acceptors (Lipinski definition) is 3. The van der Waals surface area contributed by atoms with Crippen LogP contribution >= 0.6 is 0 Å². The third-order valence-electron chi connectivity index (χ3n) is 3.04. The molecule has 1 heterocycles. The van der Waals surface area contributed by atoms with Gasteiger partial charge in [0.15, 0.2) is 9.84 Å². The molecule has 0 aromatic carbocycles. The van der Waals surface area contributed by atoms with Gasteiger partial charge in [0, 0.05) is 12.5 Å². The van der Waals surface area contributed by atoms with Gasteiger partial charge in [0.05, 0.1) is 11.5 Å². The van der Waals surface area contributed by atoms with Crippen LogP contribution < -0.4 is 5.32 Å². The van der Waals surface area contributed by atoms with E-state index in [1.54, 1.807) is 0 Å². The van der Waals surface area contributed by atoms with E-state index in [-0.39, 0.29) is 29.9 Å². The molecule has 0 spiro atoms.